The molecule has 48 heavy (non-hydrogen) atoms. The molecule has 0 spiro atoms. The van der Waals surface area contributed by atoms with Gasteiger partial charge in [0.25, 0.3) is 5.91 Å². The van der Waals surface area contributed by atoms with E-state index in [0.717, 1.165) is 18.4 Å². The van der Waals surface area contributed by atoms with Gasteiger partial charge in [0.05, 0.1) is 43.2 Å². The number of nitrogens with one attached hydrogen (secondary N) is 2. The molecular weight excluding hydrogens is 614 g/mol. The second kappa shape index (κ2) is 18.1. The number of likely N-dealkylation sites (N-methyl/N-ethyl adjacent to an activating group) is 2. The Hall–Kier alpha value is -3.06. The molecule has 12 heteroatoms. The molecular formula is C36H59N5O7. The molecule has 0 radical (unpaired) electrons. The van der Waals surface area contributed by atoms with Gasteiger partial charge in [-0.3, -0.25) is 24.1 Å². The Morgan fingerprint density at radius 1 is 1.08 bits per heavy atom. The van der Waals surface area contributed by atoms with Crippen LogP contribution in [0.5, 0.6) is 0 Å². The molecule has 3 rings (SSSR count). The Morgan fingerprint density at radius 3 is 2.31 bits per heavy atom. The van der Waals surface area contributed by atoms with Crippen LogP contribution in [0.3, 0.4) is 0 Å². The highest BCUT2D eigenvalue weighted by Crippen LogP contribution is 2.33. The van der Waals surface area contributed by atoms with Crippen LogP contribution in [0, 0.1) is 11.8 Å². The minimum atomic E-state index is -0.900. The van der Waals surface area contributed by atoms with Crippen molar-refractivity contribution < 1.29 is 33.4 Å². The molecule has 2 aliphatic heterocycles. The highest BCUT2D eigenvalue weighted by molar-refractivity contribution is 5.88. The number of likely N-dealkylation sites (tertiary alicyclic amines) is 1. The summed E-state index contributed by atoms with van der Waals surface area (Å²) in [6.45, 7) is 10.3. The number of morpholine rings is 1. The molecule has 0 saturated carbocycles. The quantitative estimate of drug-likeness (QED) is 0.274. The van der Waals surface area contributed by atoms with Gasteiger partial charge in [0.2, 0.25) is 17.7 Å². The van der Waals surface area contributed by atoms with Gasteiger partial charge in [0.15, 0.2) is 6.10 Å². The van der Waals surface area contributed by atoms with E-state index in [1.165, 1.54) is 0 Å². The lowest BCUT2D eigenvalue weighted by Crippen LogP contribution is -2.60. The summed E-state index contributed by atoms with van der Waals surface area (Å²) in [5, 5.41) is 5.87. The third-order valence-corrected chi connectivity index (χ3v) is 10.1. The van der Waals surface area contributed by atoms with E-state index in [2.05, 4.69) is 10.6 Å². The molecule has 2 saturated heterocycles. The molecule has 2 N–H and O–H groups in total. The van der Waals surface area contributed by atoms with E-state index < -0.39 is 24.4 Å². The van der Waals surface area contributed by atoms with Crippen LogP contribution in [0.25, 0.3) is 0 Å². The highest BCUT2D eigenvalue weighted by Gasteiger charge is 2.47. The third kappa shape index (κ3) is 9.34. The third-order valence-electron chi connectivity index (χ3n) is 10.1. The van der Waals surface area contributed by atoms with E-state index in [4.69, 9.17) is 14.2 Å². The Kier molecular flexibility index (Phi) is 14.8. The first-order valence-corrected chi connectivity index (χ1v) is 17.3. The minimum absolute atomic E-state index is 0.00920. The lowest BCUT2D eigenvalue weighted by molar-refractivity contribution is -0.173. The summed E-state index contributed by atoms with van der Waals surface area (Å²) in [6, 6.07) is 8.39. The van der Waals surface area contributed by atoms with E-state index in [1.807, 2.05) is 83.9 Å². The molecule has 4 amide bonds. The normalized spacial score (nSPS) is 24.5. The van der Waals surface area contributed by atoms with Gasteiger partial charge in [-0.25, -0.2) is 0 Å². The van der Waals surface area contributed by atoms with Crippen molar-refractivity contribution in [1.82, 2.24) is 25.3 Å². The molecule has 270 valence electrons. The zero-order valence-electron chi connectivity index (χ0n) is 30.6. The van der Waals surface area contributed by atoms with E-state index in [1.54, 1.807) is 31.1 Å². The summed E-state index contributed by atoms with van der Waals surface area (Å²) in [5.74, 6) is -0.776. The lowest BCUT2D eigenvalue weighted by Gasteiger charge is -2.42. The smallest absolute Gasteiger partial charge is 0.252 e. The van der Waals surface area contributed by atoms with Crippen molar-refractivity contribution in [3.63, 3.8) is 0 Å². The maximum atomic E-state index is 14.1. The van der Waals surface area contributed by atoms with Gasteiger partial charge in [-0.2, -0.15) is 0 Å². The molecule has 1 aromatic carbocycles. The van der Waals surface area contributed by atoms with Gasteiger partial charge < -0.3 is 34.6 Å². The minimum Gasteiger partial charge on any atom is -0.379 e. The number of hydrogen-bond acceptors (Lipinski definition) is 8. The van der Waals surface area contributed by atoms with E-state index in [9.17, 15) is 19.2 Å². The lowest BCUT2D eigenvalue weighted by atomic mass is 9.90. The van der Waals surface area contributed by atoms with Crippen molar-refractivity contribution in [2.75, 3.05) is 48.5 Å². The average molecular weight is 674 g/mol. The number of carbonyl (C=O) groups is 4. The maximum absolute atomic E-state index is 14.1. The molecule has 0 aliphatic carbocycles. The Morgan fingerprint density at radius 2 is 1.75 bits per heavy atom. The van der Waals surface area contributed by atoms with Crippen molar-refractivity contribution in [2.24, 2.45) is 11.8 Å². The second-order valence-corrected chi connectivity index (χ2v) is 13.9. The Labute approximate surface area is 287 Å². The van der Waals surface area contributed by atoms with Crippen molar-refractivity contribution >= 4 is 23.6 Å². The maximum Gasteiger partial charge on any atom is 0.252 e. The predicted octanol–water partition coefficient (Wildman–Crippen LogP) is 2.62. The number of hydrogen-bond donors (Lipinski definition) is 2. The first kappa shape index (κ1) is 39.4. The molecule has 2 fully saturated rings. The summed E-state index contributed by atoms with van der Waals surface area (Å²) >= 11 is 0. The van der Waals surface area contributed by atoms with Crippen molar-refractivity contribution in [1.29, 1.82) is 0 Å². The standard InChI is InChI=1S/C36H59N5O7/c1-11-23(4)31(40(8)29(43)21-37-35(44)30(22(2)3)39(6)7)27(46-9)20-28(42)41-19-15-18-26(41)33(47-10)34-36(45)38-24(5)32(48-34)25-16-13-12-14-17-25/h12-14,16-17,22-24,26-27,30-34H,11,15,18-21H2,1-10H3,(H,37,44)(H,38,45)/t23-,24+,26-,27+,30?,31-,32+,33-,34+/m0/s1. The monoisotopic (exact) mass is 673 g/mol. The number of nitrogens with zero attached hydrogens (tertiary/aromatic N) is 3. The van der Waals surface area contributed by atoms with Gasteiger partial charge in [-0.1, -0.05) is 64.4 Å². The first-order valence-electron chi connectivity index (χ1n) is 17.3. The van der Waals surface area contributed by atoms with E-state index in [-0.39, 0.29) is 72.7 Å². The molecule has 0 aromatic heterocycles. The Bertz CT molecular complexity index is 1210. The average Bonchev–Trinajstić information content (AvgIpc) is 3.54. The molecule has 2 aliphatic rings. The summed E-state index contributed by atoms with van der Waals surface area (Å²) < 4.78 is 18.3. The molecule has 2 heterocycles. The number of amides is 4. The van der Waals surface area contributed by atoms with Gasteiger partial charge in [0.1, 0.15) is 12.2 Å². The number of ether oxygens (including phenoxy) is 3. The van der Waals surface area contributed by atoms with Crippen LogP contribution in [0.1, 0.15) is 72.0 Å². The molecule has 1 aromatic rings. The largest absolute Gasteiger partial charge is 0.379 e. The van der Waals surface area contributed by atoms with Crippen molar-refractivity contribution in [2.45, 2.75) is 109 Å². The van der Waals surface area contributed by atoms with Crippen LogP contribution in [0.4, 0.5) is 0 Å². The molecule has 1 unspecified atom stereocenters. The first-order chi connectivity index (χ1) is 22.8. The van der Waals surface area contributed by atoms with Crippen LogP contribution in [-0.2, 0) is 33.4 Å². The van der Waals surface area contributed by atoms with Crippen molar-refractivity contribution in [3.05, 3.63) is 35.9 Å². The van der Waals surface area contributed by atoms with Crippen LogP contribution in [-0.4, -0.2) is 129 Å². The van der Waals surface area contributed by atoms with Crippen LogP contribution in [0.15, 0.2) is 30.3 Å². The predicted molar refractivity (Wildman–Crippen MR) is 184 cm³/mol. The fraction of sp³-hybridized carbons (Fsp3) is 0.722. The van der Waals surface area contributed by atoms with Gasteiger partial charge in [-0.15, -0.1) is 0 Å². The fourth-order valence-electron chi connectivity index (χ4n) is 7.45. The van der Waals surface area contributed by atoms with Gasteiger partial charge >= 0.3 is 0 Å². The number of benzene rings is 1. The molecule has 9 atom stereocenters. The summed E-state index contributed by atoms with van der Waals surface area (Å²) in [6.07, 6.45) is -0.305. The van der Waals surface area contributed by atoms with Gasteiger partial charge in [-0.05, 0) is 51.3 Å². The zero-order valence-corrected chi connectivity index (χ0v) is 30.6. The summed E-state index contributed by atoms with van der Waals surface area (Å²) in [5.41, 5.74) is 0.957. The van der Waals surface area contributed by atoms with Crippen molar-refractivity contribution in [3.8, 4) is 0 Å². The van der Waals surface area contributed by atoms with Crippen LogP contribution in [0.2, 0.25) is 0 Å². The summed E-state index contributed by atoms with van der Waals surface area (Å²) in [7, 11) is 8.50. The SMILES string of the molecule is CC[C@H](C)[C@@H]([C@@H](CC(=O)N1CCC[C@H]1[C@H](OC)[C@H]1O[C@@H](c2ccccc2)[C@@H](C)NC1=O)OC)N(C)C(=O)CNC(=O)C(C(C)C)N(C)C. The van der Waals surface area contributed by atoms with Crippen LogP contribution < -0.4 is 10.6 Å². The molecule has 12 nitrogen and oxygen atoms in total. The number of carbonyl (C=O) groups excluding carboxylic acids is 4. The van der Waals surface area contributed by atoms with Crippen LogP contribution >= 0.6 is 0 Å². The summed E-state index contributed by atoms with van der Waals surface area (Å²) in [4.78, 5) is 58.9. The second-order valence-electron chi connectivity index (χ2n) is 13.9. The topological polar surface area (TPSA) is 130 Å². The van der Waals surface area contributed by atoms with Gasteiger partial charge in [0, 0.05) is 27.8 Å². The zero-order chi connectivity index (χ0) is 35.7. The Balaban J connectivity index is 1.75. The molecule has 0 bridgehead atoms. The van der Waals surface area contributed by atoms with E-state index in [0.29, 0.717) is 13.0 Å². The van der Waals surface area contributed by atoms with E-state index >= 15 is 0 Å². The number of rotatable bonds is 16. The fourth-order valence-corrected chi connectivity index (χ4v) is 7.45. The number of methoxy groups -OCH3 is 2. The highest BCUT2D eigenvalue weighted by atomic mass is 16.6.